The van der Waals surface area contributed by atoms with Gasteiger partial charge in [-0.3, -0.25) is 28.7 Å². The molecule has 19 nitrogen and oxygen atoms in total. The number of aromatic amines is 2. The molecule has 5 N–H and O–H groups in total. The first-order valence-electron chi connectivity index (χ1n) is 19.0. The van der Waals surface area contributed by atoms with Crippen LogP contribution in [0.3, 0.4) is 0 Å². The molecule has 4 saturated heterocycles. The van der Waals surface area contributed by atoms with E-state index in [-0.39, 0.29) is 38.9 Å². The van der Waals surface area contributed by atoms with Crippen molar-refractivity contribution in [2.75, 3.05) is 20.8 Å². The van der Waals surface area contributed by atoms with Gasteiger partial charge in [0.25, 0.3) is 19.6 Å². The Morgan fingerprint density at radius 1 is 0.962 bits per heavy atom. The molecule has 0 amide bonds. The van der Waals surface area contributed by atoms with Crippen LogP contribution < -0.4 is 22.5 Å². The number of H-pyrrole nitrogens is 2. The van der Waals surface area contributed by atoms with Crippen LogP contribution in [0, 0.1) is 11.3 Å². The molecule has 4 aliphatic heterocycles. The molecule has 298 valence electrons. The third-order valence-electron chi connectivity index (χ3n) is 9.05. The summed E-state index contributed by atoms with van der Waals surface area (Å²) in [6, 6.07) is 4.71. The molecule has 6 rings (SSSR count). The van der Waals surface area contributed by atoms with E-state index in [4.69, 9.17) is 38.9 Å². The number of rotatable bonds is 10. The number of hydrogen-bond donors (Lipinski definition) is 5. The summed E-state index contributed by atoms with van der Waals surface area (Å²) in [5.41, 5.74) is -4.49. The van der Waals surface area contributed by atoms with Gasteiger partial charge < -0.3 is 43.3 Å². The monoisotopic (exact) mass is 778 g/mol. The van der Waals surface area contributed by atoms with Crippen molar-refractivity contribution < 1.29 is 46.1 Å². The van der Waals surface area contributed by atoms with E-state index in [1.165, 1.54) is 47.9 Å². The Labute approximate surface area is 313 Å². The van der Waals surface area contributed by atoms with Crippen LogP contribution in [0.5, 0.6) is 0 Å². The normalized spacial score (nSPS) is 33.7. The van der Waals surface area contributed by atoms with Crippen molar-refractivity contribution in [3.63, 3.8) is 0 Å². The summed E-state index contributed by atoms with van der Waals surface area (Å²) in [6.45, 7) is 11.6. The van der Waals surface area contributed by atoms with Crippen LogP contribution in [-0.4, -0.2) is 123 Å². The highest BCUT2D eigenvalue weighted by Gasteiger charge is 2.65. The summed E-state index contributed by atoms with van der Waals surface area (Å²) in [6.07, 6.45) is -2.70. The Hall–Kier alpha value is -3.12. The zero-order valence-corrected chi connectivity index (χ0v) is 31.9. The van der Waals surface area contributed by atoms with Crippen LogP contribution in [0.1, 0.15) is 77.0 Å². The summed E-state index contributed by atoms with van der Waals surface area (Å²) < 4.78 is 67.9. The number of aromatic nitrogens is 4. The molecule has 0 aliphatic carbocycles. The number of ether oxygens (including phenoxy) is 4. The van der Waals surface area contributed by atoms with Crippen LogP contribution in [0.25, 0.3) is 0 Å². The molecule has 3 unspecified atom stereocenters. The molecule has 2 aromatic heterocycles. The van der Waals surface area contributed by atoms with Gasteiger partial charge in [0.2, 0.25) is 2.86 Å². The third kappa shape index (κ3) is 8.90. The summed E-state index contributed by atoms with van der Waals surface area (Å²) in [4.78, 5) is 51.0. The van der Waals surface area contributed by atoms with Gasteiger partial charge in [-0.05, 0) is 55.3 Å². The lowest BCUT2D eigenvalue weighted by Gasteiger charge is -2.38. The second kappa shape index (κ2) is 18.5. The summed E-state index contributed by atoms with van der Waals surface area (Å²) in [5, 5.41) is 26.1. The van der Waals surface area contributed by atoms with Gasteiger partial charge in [-0.2, -0.15) is 5.26 Å². The molecule has 4 bridgehead atoms. The van der Waals surface area contributed by atoms with E-state index in [1.54, 1.807) is 6.92 Å². The Bertz CT molecular complexity index is 1860. The zero-order chi connectivity index (χ0) is 42.8. The molecule has 20 heteroatoms. The zero-order valence-electron chi connectivity index (χ0n) is 35.0. The number of nitriles is 1. The minimum atomic E-state index is -1.60. The molecule has 0 radical (unpaired) electrons. The lowest BCUT2D eigenvalue weighted by atomic mass is 9.96. The highest BCUT2D eigenvalue weighted by atomic mass is 31.2. The molecule has 2 aromatic rings. The van der Waals surface area contributed by atoms with E-state index < -0.39 is 91.3 Å². The standard InChI is InChI=1S/C20H31N4O6P.C11H14N2O5.2CH4O/c1-12(2)24(13(3)4)31(27-11-7-9-21)30-17-16-18(29-20(17,6)14(5)28-16)23-10-8-15(25)22-19(23)26;1-5-11(2)8(15)7(17-5)9(18-11)13-4-3-6(14)12-10(13)16;2*1-2/h8,10,12-14,16-18H,7,11H2,1-6H3,(H,22,25,26);3-5,7-9,15H,1-2H3,(H,12,14,16);2*2H,1H3/t14?,16-,17+,18+,20+,31?;5?,7-,8+,9+,11+;;/m00../s1/i6D;2D;2*2T. The SMILES string of the molecule is [2H]C[C@@]12O[C@@H](n3ccc(=O)[nH]c3=O)[C@@H](OC1C)[C@H]2O.[2H]C[C@@]12O[C@@H](n3ccc(=O)[nH]c3=O)[C@@H](OC1C)[C@H]2OP(OCCC#N)N(C(C)C)C(C)C.[3H]OC.[3H]OC. The van der Waals surface area contributed by atoms with E-state index in [9.17, 15) is 24.3 Å². The smallest absolute Gasteiger partial charge is 0.330 e. The number of nitrogens with one attached hydrogen (secondary N) is 2. The summed E-state index contributed by atoms with van der Waals surface area (Å²) in [7, 11) is 0.981. The Kier molecular flexibility index (Phi) is 13.3. The largest absolute Gasteiger partial charge is 0.400 e. The first-order valence-corrected chi connectivity index (χ1v) is 17.9. The first-order chi connectivity index (χ1) is 27.0. The Morgan fingerprint density at radius 3 is 1.89 bits per heavy atom. The highest BCUT2D eigenvalue weighted by molar-refractivity contribution is 7.44. The van der Waals surface area contributed by atoms with Gasteiger partial charge in [0.15, 0.2) is 12.5 Å². The van der Waals surface area contributed by atoms with Gasteiger partial charge in [0.05, 0.1) is 31.3 Å². The van der Waals surface area contributed by atoms with E-state index in [1.807, 2.05) is 34.6 Å². The molecule has 6 heterocycles. The van der Waals surface area contributed by atoms with E-state index in [0.29, 0.717) is 0 Å². The number of hydrogen-bond acceptors (Lipinski definition) is 15. The molecule has 4 aliphatic rings. The molecule has 0 saturated carbocycles. The predicted octanol–water partition coefficient (Wildman–Crippen LogP) is 0.462. The average Bonchev–Trinajstić information content (AvgIpc) is 3.78. The molecule has 4 fully saturated rings. The minimum Gasteiger partial charge on any atom is -0.400 e. The second-order valence-electron chi connectivity index (χ2n) is 13.0. The fourth-order valence-corrected chi connectivity index (χ4v) is 8.25. The fraction of sp³-hybridized carbons (Fsp3) is 0.727. The van der Waals surface area contributed by atoms with E-state index in [0.717, 1.165) is 0 Å². The van der Waals surface area contributed by atoms with Crippen LogP contribution in [-0.2, 0) is 28.0 Å². The van der Waals surface area contributed by atoms with Crippen molar-refractivity contribution in [2.45, 2.75) is 134 Å². The van der Waals surface area contributed by atoms with Gasteiger partial charge in [0, 0.05) is 53.6 Å². The van der Waals surface area contributed by atoms with Crippen LogP contribution in [0.2, 0.25) is 0 Å². The van der Waals surface area contributed by atoms with E-state index in [2.05, 4.69) is 30.9 Å². The Balaban J connectivity index is 0.000000293. The molecule has 53 heavy (non-hydrogen) atoms. The molecular formula is C33H53N6O13P. The minimum absolute atomic E-state index is 0.103. The van der Waals surface area contributed by atoms with Crippen molar-refractivity contribution in [2.24, 2.45) is 0 Å². The third-order valence-corrected chi connectivity index (χ3v) is 11.2. The quantitative estimate of drug-likeness (QED) is 0.162. The second-order valence-corrected chi connectivity index (χ2v) is 14.4. The van der Waals surface area contributed by atoms with Gasteiger partial charge in [-0.15, -0.1) is 0 Å². The highest BCUT2D eigenvalue weighted by Crippen LogP contribution is 2.56. The molecule has 0 aromatic carbocycles. The Morgan fingerprint density at radius 2 is 1.43 bits per heavy atom. The van der Waals surface area contributed by atoms with E-state index >= 15 is 0 Å². The molecule has 11 atom stereocenters. The summed E-state index contributed by atoms with van der Waals surface area (Å²) >= 11 is 0. The lowest BCUT2D eigenvalue weighted by molar-refractivity contribution is -0.200. The number of fused-ring (bicyclic) bond motifs is 4. The first kappa shape index (κ1) is 38.2. The van der Waals surface area contributed by atoms with Gasteiger partial charge in [0.1, 0.15) is 35.6 Å². The van der Waals surface area contributed by atoms with Gasteiger partial charge in [-0.1, -0.05) is 0 Å². The maximum atomic E-state index is 12.4. The van der Waals surface area contributed by atoms with Crippen molar-refractivity contribution in [3.8, 4) is 6.07 Å². The maximum absolute atomic E-state index is 12.4. The van der Waals surface area contributed by atoms with Crippen LogP contribution in [0.15, 0.2) is 43.7 Å². The molecule has 0 spiro atoms. The number of aliphatic hydroxyl groups excluding tert-OH is 3. The van der Waals surface area contributed by atoms with Crippen molar-refractivity contribution >= 4 is 8.53 Å². The van der Waals surface area contributed by atoms with Crippen molar-refractivity contribution in [3.05, 3.63) is 66.2 Å². The number of nitrogens with zero attached hydrogens (tertiary/aromatic N) is 4. The van der Waals surface area contributed by atoms with Gasteiger partial charge >= 0.3 is 11.4 Å². The fourth-order valence-electron chi connectivity index (χ4n) is 6.45. The van der Waals surface area contributed by atoms with Crippen molar-refractivity contribution in [1.82, 2.24) is 23.8 Å². The van der Waals surface area contributed by atoms with Crippen molar-refractivity contribution in [1.29, 1.82) is 8.12 Å². The van der Waals surface area contributed by atoms with Crippen LogP contribution >= 0.6 is 8.53 Å². The maximum Gasteiger partial charge on any atom is 0.330 e. The molecular weight excluding hydrogens is 719 g/mol. The topological polar surface area (TPSA) is 253 Å². The number of aliphatic hydroxyl groups is 3. The lowest BCUT2D eigenvalue weighted by Crippen LogP contribution is -2.45. The average molecular weight is 779 g/mol. The van der Waals surface area contributed by atoms with Gasteiger partial charge in [-0.25, -0.2) is 14.3 Å². The van der Waals surface area contributed by atoms with Crippen LogP contribution in [0.4, 0.5) is 0 Å². The predicted molar refractivity (Wildman–Crippen MR) is 191 cm³/mol. The summed E-state index contributed by atoms with van der Waals surface area (Å²) in [5.74, 6) is 0.